The van der Waals surface area contributed by atoms with Gasteiger partial charge < -0.3 is 20.1 Å². The van der Waals surface area contributed by atoms with Gasteiger partial charge in [-0.05, 0) is 63.1 Å². The largest absolute Gasteiger partial charge is 0.492 e. The van der Waals surface area contributed by atoms with E-state index in [0.717, 1.165) is 5.75 Å². The number of carbonyl (C=O) groups excluding carboxylic acids is 1. The van der Waals surface area contributed by atoms with Crippen LogP contribution in [0.15, 0.2) is 42.5 Å². The Bertz CT molecular complexity index is 714. The van der Waals surface area contributed by atoms with Gasteiger partial charge in [-0.2, -0.15) is 0 Å². The summed E-state index contributed by atoms with van der Waals surface area (Å²) in [7, 11) is 0. The summed E-state index contributed by atoms with van der Waals surface area (Å²) in [6.07, 6.45) is 0.0392. The topological polar surface area (TPSA) is 59.6 Å². The van der Waals surface area contributed by atoms with E-state index in [4.69, 9.17) is 9.47 Å². The molecule has 0 radical (unpaired) electrons. The first kappa shape index (κ1) is 18.6. The molecule has 0 aliphatic heterocycles. The Morgan fingerprint density at radius 2 is 1.84 bits per heavy atom. The molecule has 25 heavy (non-hydrogen) atoms. The number of nitrogens with one attached hydrogen (secondary N) is 2. The lowest BCUT2D eigenvalue weighted by Crippen LogP contribution is -2.32. The number of hydrogen-bond donors (Lipinski definition) is 2. The molecule has 5 nitrogen and oxygen atoms in total. The molecule has 0 bridgehead atoms. The van der Waals surface area contributed by atoms with Gasteiger partial charge in [0.2, 0.25) is 0 Å². The van der Waals surface area contributed by atoms with Crippen LogP contribution < -0.4 is 20.1 Å². The Balaban J connectivity index is 1.78. The van der Waals surface area contributed by atoms with Crippen molar-refractivity contribution in [3.05, 3.63) is 53.6 Å². The van der Waals surface area contributed by atoms with E-state index in [1.165, 1.54) is 11.1 Å². The predicted molar refractivity (Wildman–Crippen MR) is 101 cm³/mol. The van der Waals surface area contributed by atoms with Crippen LogP contribution in [0.5, 0.6) is 11.5 Å². The molecule has 0 heterocycles. The van der Waals surface area contributed by atoms with Crippen LogP contribution in [0, 0.1) is 13.8 Å². The van der Waals surface area contributed by atoms with E-state index < -0.39 is 0 Å². The van der Waals surface area contributed by atoms with Gasteiger partial charge in [-0.1, -0.05) is 18.2 Å². The number of ether oxygens (including phenoxy) is 2. The zero-order valence-electron chi connectivity index (χ0n) is 15.3. The van der Waals surface area contributed by atoms with Crippen LogP contribution in [0.2, 0.25) is 0 Å². The molecule has 0 saturated carbocycles. The number of anilines is 1. The Morgan fingerprint density at radius 1 is 1.08 bits per heavy atom. The number of urea groups is 1. The van der Waals surface area contributed by atoms with E-state index in [2.05, 4.69) is 17.6 Å². The highest BCUT2D eigenvalue weighted by Gasteiger charge is 2.08. The summed E-state index contributed by atoms with van der Waals surface area (Å²) in [5, 5.41) is 5.58. The van der Waals surface area contributed by atoms with Crippen molar-refractivity contribution in [2.45, 2.75) is 33.8 Å². The zero-order chi connectivity index (χ0) is 18.2. The summed E-state index contributed by atoms with van der Waals surface area (Å²) in [6.45, 7) is 8.81. The van der Waals surface area contributed by atoms with Crippen molar-refractivity contribution in [1.82, 2.24) is 5.32 Å². The van der Waals surface area contributed by atoms with Gasteiger partial charge in [-0.25, -0.2) is 4.79 Å². The average Bonchev–Trinajstić information content (AvgIpc) is 2.56. The van der Waals surface area contributed by atoms with E-state index >= 15 is 0 Å². The van der Waals surface area contributed by atoms with E-state index in [1.807, 2.05) is 63.2 Å². The third-order valence-corrected chi connectivity index (χ3v) is 3.63. The molecule has 2 N–H and O–H groups in total. The van der Waals surface area contributed by atoms with E-state index in [0.29, 0.717) is 24.6 Å². The Morgan fingerprint density at radius 3 is 2.56 bits per heavy atom. The van der Waals surface area contributed by atoms with E-state index in [9.17, 15) is 4.79 Å². The highest BCUT2D eigenvalue weighted by Crippen LogP contribution is 2.24. The quantitative estimate of drug-likeness (QED) is 0.738. The fourth-order valence-electron chi connectivity index (χ4n) is 2.23. The van der Waals surface area contributed by atoms with Gasteiger partial charge in [0, 0.05) is 0 Å². The standard InChI is InChI=1S/C20H26N2O3/c1-14(2)25-19-8-6-5-7-18(19)22-20(23)21-11-12-24-17-10-9-15(3)16(4)13-17/h5-10,13-14H,11-12H2,1-4H3,(H2,21,22,23). The molecule has 0 atom stereocenters. The van der Waals surface area contributed by atoms with E-state index in [1.54, 1.807) is 0 Å². The lowest BCUT2D eigenvalue weighted by atomic mass is 10.1. The number of amides is 2. The Hall–Kier alpha value is -2.69. The number of carbonyl (C=O) groups is 1. The second-order valence-electron chi connectivity index (χ2n) is 6.14. The monoisotopic (exact) mass is 342 g/mol. The molecule has 0 aliphatic carbocycles. The van der Waals surface area contributed by atoms with Gasteiger partial charge in [-0.3, -0.25) is 0 Å². The summed E-state index contributed by atoms with van der Waals surface area (Å²) in [6, 6.07) is 13.0. The minimum atomic E-state index is -0.288. The molecule has 134 valence electrons. The van der Waals surface area contributed by atoms with Crippen molar-refractivity contribution >= 4 is 11.7 Å². The van der Waals surface area contributed by atoms with Crippen LogP contribution >= 0.6 is 0 Å². The first-order valence-corrected chi connectivity index (χ1v) is 8.46. The minimum Gasteiger partial charge on any atom is -0.492 e. The lowest BCUT2D eigenvalue weighted by Gasteiger charge is -2.15. The molecule has 0 spiro atoms. The van der Waals surface area contributed by atoms with Crippen LogP contribution in [0.4, 0.5) is 10.5 Å². The molecule has 0 aromatic heterocycles. The molecule has 0 aliphatic rings. The molecule has 5 heteroatoms. The van der Waals surface area contributed by atoms with Gasteiger partial charge in [0.1, 0.15) is 18.1 Å². The van der Waals surface area contributed by atoms with Crippen LogP contribution in [0.25, 0.3) is 0 Å². The molecule has 0 unspecified atom stereocenters. The number of hydrogen-bond acceptors (Lipinski definition) is 3. The van der Waals surface area contributed by atoms with Crippen molar-refractivity contribution in [2.75, 3.05) is 18.5 Å². The maximum Gasteiger partial charge on any atom is 0.319 e. The summed E-state index contributed by atoms with van der Waals surface area (Å²) in [5.41, 5.74) is 3.06. The second-order valence-corrected chi connectivity index (χ2v) is 6.14. The number of rotatable bonds is 7. The summed E-state index contributed by atoms with van der Waals surface area (Å²) in [4.78, 5) is 12.0. The molecular formula is C20H26N2O3. The van der Waals surface area contributed by atoms with Crippen molar-refractivity contribution in [1.29, 1.82) is 0 Å². The fourth-order valence-corrected chi connectivity index (χ4v) is 2.23. The number of benzene rings is 2. The Labute approximate surface area is 149 Å². The van der Waals surface area contributed by atoms with Gasteiger partial charge in [0.05, 0.1) is 18.3 Å². The van der Waals surface area contributed by atoms with E-state index in [-0.39, 0.29) is 12.1 Å². The SMILES string of the molecule is Cc1ccc(OCCNC(=O)Nc2ccccc2OC(C)C)cc1C. The van der Waals surface area contributed by atoms with Crippen LogP contribution in [0.3, 0.4) is 0 Å². The summed E-state index contributed by atoms with van der Waals surface area (Å²) in [5.74, 6) is 1.46. The van der Waals surface area contributed by atoms with Crippen LogP contribution in [0.1, 0.15) is 25.0 Å². The molecule has 0 saturated heterocycles. The average molecular weight is 342 g/mol. The fraction of sp³-hybridized carbons (Fsp3) is 0.350. The Kier molecular flexibility index (Phi) is 6.69. The van der Waals surface area contributed by atoms with Crippen molar-refractivity contribution in [3.8, 4) is 11.5 Å². The first-order valence-electron chi connectivity index (χ1n) is 8.46. The molecule has 2 aromatic carbocycles. The van der Waals surface area contributed by atoms with Gasteiger partial charge in [0.15, 0.2) is 0 Å². The van der Waals surface area contributed by atoms with Crippen LogP contribution in [-0.4, -0.2) is 25.3 Å². The number of aryl methyl sites for hydroxylation is 2. The second kappa shape index (κ2) is 8.97. The molecule has 2 aromatic rings. The van der Waals surface area contributed by atoms with Crippen LogP contribution in [-0.2, 0) is 0 Å². The molecule has 2 rings (SSSR count). The lowest BCUT2D eigenvalue weighted by molar-refractivity contribution is 0.240. The van der Waals surface area contributed by atoms with Gasteiger partial charge in [0.25, 0.3) is 0 Å². The third-order valence-electron chi connectivity index (χ3n) is 3.63. The molecule has 0 fully saturated rings. The normalized spacial score (nSPS) is 10.4. The third kappa shape index (κ3) is 6.03. The highest BCUT2D eigenvalue weighted by molar-refractivity contribution is 5.90. The first-order chi connectivity index (χ1) is 12.0. The molecular weight excluding hydrogens is 316 g/mol. The predicted octanol–water partition coefficient (Wildman–Crippen LogP) is 4.29. The minimum absolute atomic E-state index is 0.0392. The van der Waals surface area contributed by atoms with Crippen molar-refractivity contribution in [3.63, 3.8) is 0 Å². The number of para-hydroxylation sites is 2. The van der Waals surface area contributed by atoms with Crippen molar-refractivity contribution < 1.29 is 14.3 Å². The summed E-state index contributed by atoms with van der Waals surface area (Å²) >= 11 is 0. The summed E-state index contributed by atoms with van der Waals surface area (Å²) < 4.78 is 11.3. The molecule has 2 amide bonds. The maximum absolute atomic E-state index is 12.0. The highest BCUT2D eigenvalue weighted by atomic mass is 16.5. The zero-order valence-corrected chi connectivity index (χ0v) is 15.3. The van der Waals surface area contributed by atoms with Gasteiger partial charge in [-0.15, -0.1) is 0 Å². The van der Waals surface area contributed by atoms with Crippen molar-refractivity contribution in [2.24, 2.45) is 0 Å². The smallest absolute Gasteiger partial charge is 0.319 e. The van der Waals surface area contributed by atoms with Gasteiger partial charge >= 0.3 is 6.03 Å². The maximum atomic E-state index is 12.0.